The van der Waals surface area contributed by atoms with Crippen molar-refractivity contribution in [2.24, 2.45) is 5.92 Å². The molecule has 3 aromatic rings. The quantitative estimate of drug-likeness (QED) is 0.750. The molecule has 7 nitrogen and oxygen atoms in total. The molecule has 0 bridgehead atoms. The fraction of sp³-hybridized carbons (Fsp3) is 0.375. The van der Waals surface area contributed by atoms with Gasteiger partial charge >= 0.3 is 0 Å². The Bertz CT molecular complexity index is 779. The number of rotatable bonds is 6. The number of para-hydroxylation sites is 1. The molecule has 2 aromatic heterocycles. The summed E-state index contributed by atoms with van der Waals surface area (Å²) in [6.45, 7) is 4.65. The van der Waals surface area contributed by atoms with E-state index in [4.69, 9.17) is 4.52 Å². The van der Waals surface area contributed by atoms with Crippen LogP contribution in [0.25, 0.3) is 11.0 Å². The van der Waals surface area contributed by atoms with Gasteiger partial charge < -0.3 is 9.84 Å². The van der Waals surface area contributed by atoms with Gasteiger partial charge in [0.25, 0.3) is 0 Å². The van der Waals surface area contributed by atoms with E-state index in [1.54, 1.807) is 17.2 Å². The summed E-state index contributed by atoms with van der Waals surface area (Å²) >= 11 is 0. The Morgan fingerprint density at radius 2 is 2.00 bits per heavy atom. The molecule has 0 radical (unpaired) electrons. The van der Waals surface area contributed by atoms with Crippen molar-refractivity contribution >= 4 is 16.9 Å². The Morgan fingerprint density at radius 3 is 2.74 bits per heavy atom. The van der Waals surface area contributed by atoms with Gasteiger partial charge in [-0.15, -0.1) is 0 Å². The van der Waals surface area contributed by atoms with Crippen LogP contribution in [0.3, 0.4) is 0 Å². The lowest BCUT2D eigenvalue weighted by atomic mass is 10.0. The van der Waals surface area contributed by atoms with Gasteiger partial charge in [0, 0.05) is 5.39 Å². The first-order chi connectivity index (χ1) is 11.1. The van der Waals surface area contributed by atoms with Crippen molar-refractivity contribution in [3.8, 4) is 0 Å². The van der Waals surface area contributed by atoms with E-state index in [-0.39, 0.29) is 24.3 Å². The van der Waals surface area contributed by atoms with Crippen molar-refractivity contribution in [2.45, 2.75) is 32.9 Å². The largest absolute Gasteiger partial charge is 0.356 e. The molecule has 3 rings (SSSR count). The molecule has 0 aliphatic carbocycles. The number of fused-ring (bicyclic) bond motifs is 1. The van der Waals surface area contributed by atoms with Crippen LogP contribution in [0.5, 0.6) is 0 Å². The number of hydrogen-bond donors (Lipinski definition) is 1. The van der Waals surface area contributed by atoms with Crippen LogP contribution in [-0.4, -0.2) is 32.1 Å². The molecule has 0 saturated carbocycles. The normalized spacial score (nSPS) is 12.7. The van der Waals surface area contributed by atoms with E-state index in [1.807, 2.05) is 24.3 Å². The maximum absolute atomic E-state index is 12.4. The van der Waals surface area contributed by atoms with Gasteiger partial charge in [-0.3, -0.25) is 4.79 Å². The van der Waals surface area contributed by atoms with Gasteiger partial charge in [-0.2, -0.15) is 15.0 Å². The summed E-state index contributed by atoms with van der Waals surface area (Å²) in [5.74, 6) is 0.175. The van der Waals surface area contributed by atoms with Crippen LogP contribution < -0.4 is 5.32 Å². The van der Waals surface area contributed by atoms with Crippen LogP contribution in [0.15, 0.2) is 41.2 Å². The zero-order valence-corrected chi connectivity index (χ0v) is 13.1. The summed E-state index contributed by atoms with van der Waals surface area (Å²) in [6, 6.07) is 7.48. The maximum Gasteiger partial charge on any atom is 0.226 e. The molecule has 7 heteroatoms. The van der Waals surface area contributed by atoms with E-state index in [2.05, 4.69) is 34.5 Å². The van der Waals surface area contributed by atoms with E-state index >= 15 is 0 Å². The average Bonchev–Trinajstić information content (AvgIpc) is 3.17. The van der Waals surface area contributed by atoms with Crippen LogP contribution in [0, 0.1) is 5.92 Å². The highest BCUT2D eigenvalue weighted by atomic mass is 16.5. The number of benzene rings is 1. The number of nitrogens with zero attached hydrogens (tertiary/aromatic N) is 4. The number of hydrogen-bond acceptors (Lipinski definition) is 5. The highest BCUT2D eigenvalue weighted by Crippen LogP contribution is 2.18. The summed E-state index contributed by atoms with van der Waals surface area (Å²) in [4.78, 5) is 13.9. The third-order valence-corrected chi connectivity index (χ3v) is 3.76. The smallest absolute Gasteiger partial charge is 0.226 e. The summed E-state index contributed by atoms with van der Waals surface area (Å²) in [5.41, 5.74) is 1.34. The molecule has 1 amide bonds. The topological polar surface area (TPSA) is 85.8 Å². The molecule has 0 aliphatic rings. The van der Waals surface area contributed by atoms with Crippen LogP contribution >= 0.6 is 0 Å². The van der Waals surface area contributed by atoms with Gasteiger partial charge in [0.1, 0.15) is 5.69 Å². The SMILES string of the molecule is CC(C)C(Cn1nccn1)NC(=O)Cc1noc2ccccc12. The molecule has 0 aliphatic heterocycles. The Balaban J connectivity index is 1.67. The lowest BCUT2D eigenvalue weighted by Crippen LogP contribution is -2.42. The number of carbonyl (C=O) groups is 1. The first-order valence-corrected chi connectivity index (χ1v) is 7.60. The molecule has 120 valence electrons. The standard InChI is InChI=1S/C16H19N5O2/c1-11(2)14(10-21-17-7-8-18-21)19-16(22)9-13-12-5-3-4-6-15(12)23-20-13/h3-8,11,14H,9-10H2,1-2H3,(H,19,22). The Hall–Kier alpha value is -2.70. The second-order valence-electron chi connectivity index (χ2n) is 5.80. The monoisotopic (exact) mass is 313 g/mol. The van der Waals surface area contributed by atoms with Gasteiger partial charge in [0.15, 0.2) is 5.58 Å². The van der Waals surface area contributed by atoms with Gasteiger partial charge in [0.05, 0.1) is 31.4 Å². The fourth-order valence-electron chi connectivity index (χ4n) is 2.41. The zero-order chi connectivity index (χ0) is 16.2. The first-order valence-electron chi connectivity index (χ1n) is 7.60. The highest BCUT2D eigenvalue weighted by Gasteiger charge is 2.19. The molecule has 0 spiro atoms. The first kappa shape index (κ1) is 15.2. The van der Waals surface area contributed by atoms with Crippen molar-refractivity contribution in [1.29, 1.82) is 0 Å². The number of nitrogens with one attached hydrogen (secondary N) is 1. The minimum absolute atomic E-state index is 0.0481. The Labute approximate surface area is 133 Å². The molecule has 2 heterocycles. The third kappa shape index (κ3) is 3.56. The van der Waals surface area contributed by atoms with Crippen LogP contribution in [-0.2, 0) is 17.8 Å². The Morgan fingerprint density at radius 1 is 1.26 bits per heavy atom. The highest BCUT2D eigenvalue weighted by molar-refractivity contribution is 5.86. The number of aromatic nitrogens is 4. The second kappa shape index (κ2) is 6.60. The molecule has 1 atom stereocenters. The van der Waals surface area contributed by atoms with Gasteiger partial charge in [-0.1, -0.05) is 31.1 Å². The third-order valence-electron chi connectivity index (χ3n) is 3.76. The van der Waals surface area contributed by atoms with Crippen molar-refractivity contribution in [3.05, 3.63) is 42.4 Å². The molecular weight excluding hydrogens is 294 g/mol. The van der Waals surface area contributed by atoms with Crippen LogP contribution in [0.4, 0.5) is 0 Å². The van der Waals surface area contributed by atoms with Gasteiger partial charge in [0.2, 0.25) is 5.91 Å². The second-order valence-corrected chi connectivity index (χ2v) is 5.80. The lowest BCUT2D eigenvalue weighted by molar-refractivity contribution is -0.121. The Kier molecular flexibility index (Phi) is 4.36. The molecular formula is C16H19N5O2. The van der Waals surface area contributed by atoms with E-state index in [9.17, 15) is 4.79 Å². The average molecular weight is 313 g/mol. The van der Waals surface area contributed by atoms with Crippen molar-refractivity contribution in [3.63, 3.8) is 0 Å². The zero-order valence-electron chi connectivity index (χ0n) is 13.1. The van der Waals surface area contributed by atoms with Crippen molar-refractivity contribution < 1.29 is 9.32 Å². The molecule has 23 heavy (non-hydrogen) atoms. The predicted molar refractivity (Wildman–Crippen MR) is 84.5 cm³/mol. The van der Waals surface area contributed by atoms with E-state index in [0.29, 0.717) is 17.8 Å². The minimum atomic E-state index is -0.0880. The fourth-order valence-corrected chi connectivity index (χ4v) is 2.41. The predicted octanol–water partition coefficient (Wildman–Crippen LogP) is 1.80. The minimum Gasteiger partial charge on any atom is -0.356 e. The van der Waals surface area contributed by atoms with E-state index < -0.39 is 0 Å². The maximum atomic E-state index is 12.4. The van der Waals surface area contributed by atoms with Crippen molar-refractivity contribution in [2.75, 3.05) is 0 Å². The molecule has 1 aromatic carbocycles. The van der Waals surface area contributed by atoms with Crippen LogP contribution in [0.1, 0.15) is 19.5 Å². The van der Waals surface area contributed by atoms with Gasteiger partial charge in [-0.25, -0.2) is 0 Å². The molecule has 1 unspecified atom stereocenters. The molecule has 0 saturated heterocycles. The number of amides is 1. The molecule has 0 fully saturated rings. The summed E-state index contributed by atoms with van der Waals surface area (Å²) in [6.07, 6.45) is 3.44. The number of carbonyl (C=O) groups excluding carboxylic acids is 1. The summed E-state index contributed by atoms with van der Waals surface area (Å²) in [5, 5.41) is 16.1. The molecule has 1 N–H and O–H groups in total. The summed E-state index contributed by atoms with van der Waals surface area (Å²) in [7, 11) is 0. The lowest BCUT2D eigenvalue weighted by Gasteiger charge is -2.21. The van der Waals surface area contributed by atoms with Crippen molar-refractivity contribution in [1.82, 2.24) is 25.5 Å². The van der Waals surface area contributed by atoms with Gasteiger partial charge in [-0.05, 0) is 18.1 Å². The van der Waals surface area contributed by atoms with E-state index in [0.717, 1.165) is 5.39 Å². The van der Waals surface area contributed by atoms with Crippen LogP contribution in [0.2, 0.25) is 0 Å². The summed E-state index contributed by atoms with van der Waals surface area (Å²) < 4.78 is 5.23. The van der Waals surface area contributed by atoms with E-state index in [1.165, 1.54) is 0 Å².